The van der Waals surface area contributed by atoms with E-state index < -0.39 is 5.91 Å². The van der Waals surface area contributed by atoms with Crippen LogP contribution < -0.4 is 16.2 Å². The summed E-state index contributed by atoms with van der Waals surface area (Å²) in [6.07, 6.45) is 0. The Morgan fingerprint density at radius 3 is 2.83 bits per heavy atom. The van der Waals surface area contributed by atoms with Gasteiger partial charge in [-0.05, 0) is 24.6 Å². The third-order valence-electron chi connectivity index (χ3n) is 2.32. The smallest absolute Gasteiger partial charge is 0.321 e. The molecule has 0 saturated carbocycles. The fourth-order valence-electron chi connectivity index (χ4n) is 1.55. The molecule has 0 aromatic heterocycles. The quantitative estimate of drug-likeness (QED) is 0.330. The van der Waals surface area contributed by atoms with Crippen molar-refractivity contribution in [1.82, 2.24) is 0 Å². The van der Waals surface area contributed by atoms with Gasteiger partial charge in [-0.1, -0.05) is 0 Å². The highest BCUT2D eigenvalue weighted by Gasteiger charge is 2.21. The lowest BCUT2D eigenvalue weighted by molar-refractivity contribution is -0.131. The first-order chi connectivity index (χ1) is 8.47. The molecule has 0 radical (unpaired) electrons. The molecule has 1 heterocycles. The van der Waals surface area contributed by atoms with E-state index in [1.807, 2.05) is 0 Å². The zero-order valence-electron chi connectivity index (χ0n) is 9.60. The van der Waals surface area contributed by atoms with Gasteiger partial charge in [-0.25, -0.2) is 0 Å². The Labute approximate surface area is 107 Å². The third kappa shape index (κ3) is 2.45. The minimum absolute atomic E-state index is 0.228. The number of carbonyl (C=O) groups is 2. The second-order valence-electron chi connectivity index (χ2n) is 3.72. The van der Waals surface area contributed by atoms with Crippen LogP contribution in [0.5, 0.6) is 5.75 Å². The van der Waals surface area contributed by atoms with E-state index in [9.17, 15) is 9.59 Å². The Hall–Kier alpha value is -2.02. The number of aliphatic imine (C=N–C) groups is 1. The van der Waals surface area contributed by atoms with Crippen molar-refractivity contribution in [2.75, 3.05) is 5.75 Å². The van der Waals surface area contributed by atoms with E-state index in [0.717, 1.165) is 4.90 Å². The van der Waals surface area contributed by atoms with Gasteiger partial charge >= 0.3 is 5.97 Å². The predicted molar refractivity (Wildman–Crippen MR) is 67.7 cm³/mol. The van der Waals surface area contributed by atoms with Crippen molar-refractivity contribution in [1.29, 1.82) is 0 Å². The van der Waals surface area contributed by atoms with Gasteiger partial charge in [0.05, 0.1) is 10.6 Å². The van der Waals surface area contributed by atoms with Gasteiger partial charge in [-0.15, -0.1) is 11.8 Å². The Morgan fingerprint density at radius 1 is 1.44 bits per heavy atom. The number of amides is 1. The maximum atomic E-state index is 11.8. The van der Waals surface area contributed by atoms with Crippen LogP contribution in [-0.4, -0.2) is 23.6 Å². The number of aryl methyl sites for hydroxylation is 1. The number of esters is 1. The molecule has 1 aromatic carbocycles. The van der Waals surface area contributed by atoms with Crippen LogP contribution in [0.3, 0.4) is 0 Å². The molecule has 6 nitrogen and oxygen atoms in total. The number of guanidine groups is 1. The molecule has 0 atom stereocenters. The van der Waals surface area contributed by atoms with Crippen molar-refractivity contribution < 1.29 is 14.3 Å². The first kappa shape index (κ1) is 12.4. The molecule has 0 fully saturated rings. The van der Waals surface area contributed by atoms with Crippen molar-refractivity contribution in [3.8, 4) is 5.75 Å². The van der Waals surface area contributed by atoms with Crippen molar-refractivity contribution in [3.05, 3.63) is 23.3 Å². The lowest BCUT2D eigenvalue weighted by Gasteiger charge is -2.16. The molecular formula is C11H11N3O3S. The van der Waals surface area contributed by atoms with Gasteiger partial charge in [0.25, 0.3) is 5.91 Å². The standard InChI is InChI=1S/C11H11N3O3S/c1-5-2-7-8(18-4-9(15)17-7)3-6(5)10(16)14-11(12)13/h2-3H,4H2,1H3,(H4,12,13,14,16). The summed E-state index contributed by atoms with van der Waals surface area (Å²) >= 11 is 1.32. The number of thioether (sulfide) groups is 1. The SMILES string of the molecule is Cc1cc2c(cc1C(=O)N=C(N)N)SCC(=O)O2. The van der Waals surface area contributed by atoms with E-state index in [4.69, 9.17) is 16.2 Å². The van der Waals surface area contributed by atoms with Gasteiger partial charge in [-0.3, -0.25) is 9.59 Å². The molecule has 0 aliphatic carbocycles. The van der Waals surface area contributed by atoms with Gasteiger partial charge in [0.15, 0.2) is 5.96 Å². The largest absolute Gasteiger partial charge is 0.425 e. The highest BCUT2D eigenvalue weighted by Crippen LogP contribution is 2.35. The Morgan fingerprint density at radius 2 is 2.17 bits per heavy atom. The van der Waals surface area contributed by atoms with E-state index in [1.54, 1.807) is 19.1 Å². The first-order valence-electron chi connectivity index (χ1n) is 5.09. The summed E-state index contributed by atoms with van der Waals surface area (Å²) in [6.45, 7) is 1.73. The van der Waals surface area contributed by atoms with E-state index in [-0.39, 0.29) is 17.7 Å². The number of hydrogen-bond acceptors (Lipinski definition) is 4. The van der Waals surface area contributed by atoms with Crippen molar-refractivity contribution >= 4 is 29.6 Å². The summed E-state index contributed by atoms with van der Waals surface area (Å²) < 4.78 is 5.07. The molecule has 1 aromatic rings. The van der Waals surface area contributed by atoms with Crippen LogP contribution in [0.1, 0.15) is 15.9 Å². The summed E-state index contributed by atoms with van der Waals surface area (Å²) in [6, 6.07) is 3.27. The number of fused-ring (bicyclic) bond motifs is 1. The van der Waals surface area contributed by atoms with Crippen LogP contribution >= 0.6 is 11.8 Å². The van der Waals surface area contributed by atoms with E-state index in [1.165, 1.54) is 11.8 Å². The summed E-state index contributed by atoms with van der Waals surface area (Å²) in [5.74, 6) is -0.388. The average Bonchev–Trinajstić information content (AvgIpc) is 2.26. The lowest BCUT2D eigenvalue weighted by Crippen LogP contribution is -2.24. The number of hydrogen-bond donors (Lipinski definition) is 2. The number of benzene rings is 1. The molecule has 4 N–H and O–H groups in total. The summed E-state index contributed by atoms with van der Waals surface area (Å²) in [5.41, 5.74) is 11.4. The summed E-state index contributed by atoms with van der Waals surface area (Å²) in [5, 5.41) is 0. The van der Waals surface area contributed by atoms with Gasteiger partial charge in [-0.2, -0.15) is 4.99 Å². The van der Waals surface area contributed by atoms with Crippen molar-refractivity contribution in [3.63, 3.8) is 0 Å². The topological polar surface area (TPSA) is 108 Å². The monoisotopic (exact) mass is 265 g/mol. The first-order valence-corrected chi connectivity index (χ1v) is 6.08. The second kappa shape index (κ2) is 4.69. The molecule has 0 saturated heterocycles. The predicted octanol–water partition coefficient (Wildman–Crippen LogP) is 0.420. The molecule has 0 spiro atoms. The molecule has 7 heteroatoms. The van der Waals surface area contributed by atoms with E-state index in [0.29, 0.717) is 16.9 Å². The van der Waals surface area contributed by atoms with E-state index >= 15 is 0 Å². The summed E-state index contributed by atoms with van der Waals surface area (Å²) in [4.78, 5) is 27.1. The normalized spacial score (nSPS) is 13.5. The minimum Gasteiger partial charge on any atom is -0.425 e. The Bertz CT molecular complexity index is 565. The number of rotatable bonds is 1. The Kier molecular flexibility index (Phi) is 3.24. The zero-order chi connectivity index (χ0) is 13.3. The zero-order valence-corrected chi connectivity index (χ0v) is 10.4. The molecule has 2 rings (SSSR count). The molecule has 0 bridgehead atoms. The molecule has 1 amide bonds. The number of nitrogens with zero attached hydrogens (tertiary/aromatic N) is 1. The molecule has 1 aliphatic heterocycles. The molecule has 94 valence electrons. The second-order valence-corrected chi connectivity index (χ2v) is 4.74. The molecular weight excluding hydrogens is 254 g/mol. The van der Waals surface area contributed by atoms with Crippen LogP contribution in [0.2, 0.25) is 0 Å². The molecule has 18 heavy (non-hydrogen) atoms. The number of nitrogens with two attached hydrogens (primary N) is 2. The van der Waals surface area contributed by atoms with Crippen LogP contribution in [0.25, 0.3) is 0 Å². The minimum atomic E-state index is -0.507. The summed E-state index contributed by atoms with van der Waals surface area (Å²) in [7, 11) is 0. The van der Waals surface area contributed by atoms with Crippen LogP contribution in [0.15, 0.2) is 22.0 Å². The van der Waals surface area contributed by atoms with Crippen LogP contribution in [0, 0.1) is 6.92 Å². The number of ether oxygens (including phenoxy) is 1. The highest BCUT2D eigenvalue weighted by atomic mass is 32.2. The van der Waals surface area contributed by atoms with E-state index in [2.05, 4.69) is 4.99 Å². The molecule has 0 unspecified atom stereocenters. The van der Waals surface area contributed by atoms with Crippen molar-refractivity contribution in [2.45, 2.75) is 11.8 Å². The van der Waals surface area contributed by atoms with Gasteiger partial charge < -0.3 is 16.2 Å². The fraction of sp³-hybridized carbons (Fsp3) is 0.182. The Balaban J connectivity index is 2.43. The number of carbonyl (C=O) groups excluding carboxylic acids is 2. The lowest BCUT2D eigenvalue weighted by atomic mass is 10.1. The van der Waals surface area contributed by atoms with Crippen molar-refractivity contribution in [2.24, 2.45) is 16.5 Å². The maximum Gasteiger partial charge on any atom is 0.321 e. The van der Waals surface area contributed by atoms with Crippen LogP contribution in [0.4, 0.5) is 0 Å². The average molecular weight is 265 g/mol. The van der Waals surface area contributed by atoms with Gasteiger partial charge in [0.1, 0.15) is 5.75 Å². The maximum absolute atomic E-state index is 11.8. The molecule has 1 aliphatic rings. The highest BCUT2D eigenvalue weighted by molar-refractivity contribution is 8.00. The third-order valence-corrected chi connectivity index (χ3v) is 3.33. The van der Waals surface area contributed by atoms with Crippen LogP contribution in [-0.2, 0) is 4.79 Å². The van der Waals surface area contributed by atoms with Gasteiger partial charge in [0.2, 0.25) is 0 Å². The fourth-order valence-corrected chi connectivity index (χ4v) is 2.33. The van der Waals surface area contributed by atoms with Gasteiger partial charge in [0, 0.05) is 5.56 Å².